The highest BCUT2D eigenvalue weighted by Gasteiger charge is 2.12. The van der Waals surface area contributed by atoms with Crippen molar-refractivity contribution in [3.63, 3.8) is 0 Å². The summed E-state index contributed by atoms with van der Waals surface area (Å²) in [5, 5.41) is 2.50. The minimum Gasteiger partial charge on any atom is -0.302 e. The molecule has 0 saturated carbocycles. The SMILES string of the molecule is Cc1cccc(C(=O)Nc2nccn(-c3cccc(F)c3)c2=O)c1. The second-order valence-electron chi connectivity index (χ2n) is 5.25. The van der Waals surface area contributed by atoms with Crippen LogP contribution in [0.1, 0.15) is 15.9 Å². The number of nitrogens with one attached hydrogen (secondary N) is 1. The zero-order valence-electron chi connectivity index (χ0n) is 12.9. The van der Waals surface area contributed by atoms with Crippen LogP contribution < -0.4 is 10.9 Å². The third kappa shape index (κ3) is 3.22. The summed E-state index contributed by atoms with van der Waals surface area (Å²) in [7, 11) is 0. The first kappa shape index (κ1) is 15.6. The maximum atomic E-state index is 13.4. The van der Waals surface area contributed by atoms with Crippen LogP contribution in [0.3, 0.4) is 0 Å². The van der Waals surface area contributed by atoms with E-state index >= 15 is 0 Å². The number of aromatic nitrogens is 2. The van der Waals surface area contributed by atoms with E-state index in [0.717, 1.165) is 5.56 Å². The Labute approximate surface area is 137 Å². The summed E-state index contributed by atoms with van der Waals surface area (Å²) in [6.07, 6.45) is 2.79. The van der Waals surface area contributed by atoms with Gasteiger partial charge in [-0.15, -0.1) is 0 Å². The van der Waals surface area contributed by atoms with E-state index in [9.17, 15) is 14.0 Å². The highest BCUT2D eigenvalue weighted by Crippen LogP contribution is 2.09. The Morgan fingerprint density at radius 3 is 2.71 bits per heavy atom. The molecule has 1 N–H and O–H groups in total. The maximum Gasteiger partial charge on any atom is 0.298 e. The topological polar surface area (TPSA) is 64.0 Å². The molecule has 6 heteroatoms. The minimum atomic E-state index is -0.538. The van der Waals surface area contributed by atoms with E-state index in [1.54, 1.807) is 24.3 Å². The molecule has 0 fully saturated rings. The number of carbonyl (C=O) groups excluding carboxylic acids is 1. The standard InChI is InChI=1S/C18H14FN3O2/c1-12-4-2-5-13(10-12)17(23)21-16-18(24)22(9-8-20-16)15-7-3-6-14(19)11-15/h2-11H,1H3,(H,20,21,23). The number of anilines is 1. The molecule has 0 unspecified atom stereocenters. The van der Waals surface area contributed by atoms with E-state index in [2.05, 4.69) is 10.3 Å². The van der Waals surface area contributed by atoms with Gasteiger partial charge in [0, 0.05) is 18.0 Å². The van der Waals surface area contributed by atoms with Crippen LogP contribution in [0.4, 0.5) is 10.2 Å². The summed E-state index contributed by atoms with van der Waals surface area (Å²) < 4.78 is 14.6. The molecule has 0 bridgehead atoms. The molecule has 5 nitrogen and oxygen atoms in total. The molecular formula is C18H14FN3O2. The highest BCUT2D eigenvalue weighted by atomic mass is 19.1. The van der Waals surface area contributed by atoms with Crippen LogP contribution in [0.15, 0.2) is 65.7 Å². The quantitative estimate of drug-likeness (QED) is 0.806. The van der Waals surface area contributed by atoms with Gasteiger partial charge in [0.25, 0.3) is 11.5 Å². The molecule has 0 aliphatic rings. The van der Waals surface area contributed by atoms with Crippen molar-refractivity contribution in [2.24, 2.45) is 0 Å². The summed E-state index contributed by atoms with van der Waals surface area (Å²) in [5.74, 6) is -1.00. The fourth-order valence-electron chi connectivity index (χ4n) is 2.29. The molecule has 1 heterocycles. The minimum absolute atomic E-state index is 0.117. The predicted octanol–water partition coefficient (Wildman–Crippen LogP) is 2.93. The average molecular weight is 323 g/mol. The number of amides is 1. The first-order valence-electron chi connectivity index (χ1n) is 7.26. The van der Waals surface area contributed by atoms with Crippen molar-refractivity contribution in [1.29, 1.82) is 0 Å². The van der Waals surface area contributed by atoms with Gasteiger partial charge in [0.1, 0.15) is 5.82 Å². The number of rotatable bonds is 3. The summed E-state index contributed by atoms with van der Waals surface area (Å²) in [6, 6.07) is 12.6. The number of carbonyl (C=O) groups is 1. The van der Waals surface area contributed by atoms with Crippen LogP contribution >= 0.6 is 0 Å². The molecule has 24 heavy (non-hydrogen) atoms. The molecule has 2 aromatic carbocycles. The van der Waals surface area contributed by atoms with Gasteiger partial charge in [0.2, 0.25) is 0 Å². The van der Waals surface area contributed by atoms with E-state index in [4.69, 9.17) is 0 Å². The van der Waals surface area contributed by atoms with Gasteiger partial charge >= 0.3 is 0 Å². The Kier molecular flexibility index (Phi) is 4.20. The van der Waals surface area contributed by atoms with Crippen molar-refractivity contribution >= 4 is 11.7 Å². The number of nitrogens with zero attached hydrogens (tertiary/aromatic N) is 2. The predicted molar refractivity (Wildman–Crippen MR) is 88.9 cm³/mol. The van der Waals surface area contributed by atoms with Crippen LogP contribution in [0.2, 0.25) is 0 Å². The van der Waals surface area contributed by atoms with Crippen LogP contribution in [-0.4, -0.2) is 15.5 Å². The fraction of sp³-hybridized carbons (Fsp3) is 0.0556. The van der Waals surface area contributed by atoms with Crippen LogP contribution in [0.25, 0.3) is 5.69 Å². The van der Waals surface area contributed by atoms with Gasteiger partial charge in [-0.3, -0.25) is 14.2 Å². The number of hydrogen-bond acceptors (Lipinski definition) is 3. The van der Waals surface area contributed by atoms with Crippen molar-refractivity contribution in [3.05, 3.63) is 88.2 Å². The maximum absolute atomic E-state index is 13.4. The molecule has 0 atom stereocenters. The number of halogens is 1. The summed E-state index contributed by atoms with van der Waals surface area (Å²) in [6.45, 7) is 1.87. The van der Waals surface area contributed by atoms with Crippen molar-refractivity contribution < 1.29 is 9.18 Å². The molecule has 0 radical (unpaired) electrons. The van der Waals surface area contributed by atoms with Gasteiger partial charge in [0.15, 0.2) is 5.82 Å². The van der Waals surface area contributed by atoms with Crippen LogP contribution in [-0.2, 0) is 0 Å². The monoisotopic (exact) mass is 323 g/mol. The van der Waals surface area contributed by atoms with Crippen molar-refractivity contribution in [2.75, 3.05) is 5.32 Å². The zero-order chi connectivity index (χ0) is 17.1. The van der Waals surface area contributed by atoms with E-state index < -0.39 is 17.3 Å². The van der Waals surface area contributed by atoms with Gasteiger partial charge in [0.05, 0.1) is 5.69 Å². The molecule has 0 aliphatic heterocycles. The normalized spacial score (nSPS) is 10.4. The van der Waals surface area contributed by atoms with E-state index in [-0.39, 0.29) is 5.82 Å². The number of hydrogen-bond donors (Lipinski definition) is 1. The number of aryl methyl sites for hydroxylation is 1. The van der Waals surface area contributed by atoms with Crippen molar-refractivity contribution in [2.45, 2.75) is 6.92 Å². The lowest BCUT2D eigenvalue weighted by Crippen LogP contribution is -2.26. The fourth-order valence-corrected chi connectivity index (χ4v) is 2.29. The molecular weight excluding hydrogens is 309 g/mol. The lowest BCUT2D eigenvalue weighted by Gasteiger charge is -2.09. The highest BCUT2D eigenvalue weighted by molar-refractivity contribution is 6.03. The Morgan fingerprint density at radius 2 is 1.96 bits per heavy atom. The smallest absolute Gasteiger partial charge is 0.298 e. The van der Waals surface area contributed by atoms with E-state index in [1.165, 1.54) is 35.2 Å². The van der Waals surface area contributed by atoms with Crippen LogP contribution in [0.5, 0.6) is 0 Å². The molecule has 0 spiro atoms. The van der Waals surface area contributed by atoms with Crippen molar-refractivity contribution in [1.82, 2.24) is 9.55 Å². The van der Waals surface area contributed by atoms with E-state index in [0.29, 0.717) is 11.3 Å². The first-order chi connectivity index (χ1) is 11.5. The summed E-state index contributed by atoms with van der Waals surface area (Å²) in [4.78, 5) is 28.7. The lowest BCUT2D eigenvalue weighted by molar-refractivity contribution is 0.102. The molecule has 120 valence electrons. The van der Waals surface area contributed by atoms with Crippen LogP contribution in [0, 0.1) is 12.7 Å². The molecule has 0 aliphatic carbocycles. The second kappa shape index (κ2) is 6.45. The Hall–Kier alpha value is -3.28. The van der Waals surface area contributed by atoms with Gasteiger partial charge in [-0.1, -0.05) is 23.8 Å². The lowest BCUT2D eigenvalue weighted by atomic mass is 10.1. The largest absolute Gasteiger partial charge is 0.302 e. The molecule has 1 amide bonds. The van der Waals surface area contributed by atoms with Gasteiger partial charge in [-0.05, 0) is 37.3 Å². The third-order valence-corrected chi connectivity index (χ3v) is 3.44. The van der Waals surface area contributed by atoms with E-state index in [1.807, 2.05) is 13.0 Å². The second-order valence-corrected chi connectivity index (χ2v) is 5.25. The Balaban J connectivity index is 1.94. The molecule has 3 aromatic rings. The van der Waals surface area contributed by atoms with Gasteiger partial charge < -0.3 is 5.32 Å². The van der Waals surface area contributed by atoms with Gasteiger partial charge in [-0.2, -0.15) is 0 Å². The summed E-state index contributed by atoms with van der Waals surface area (Å²) >= 11 is 0. The Bertz CT molecular complexity index is 966. The molecule has 0 saturated heterocycles. The van der Waals surface area contributed by atoms with Crippen molar-refractivity contribution in [3.8, 4) is 5.69 Å². The van der Waals surface area contributed by atoms with Gasteiger partial charge in [-0.25, -0.2) is 9.37 Å². The average Bonchev–Trinajstić information content (AvgIpc) is 2.56. The number of benzene rings is 2. The molecule has 3 rings (SSSR count). The summed E-state index contributed by atoms with van der Waals surface area (Å²) in [5.41, 5.74) is 1.18. The third-order valence-electron chi connectivity index (χ3n) is 3.44. The first-order valence-corrected chi connectivity index (χ1v) is 7.26. The zero-order valence-corrected chi connectivity index (χ0v) is 12.9. The Morgan fingerprint density at radius 1 is 1.17 bits per heavy atom. The molecule has 1 aromatic heterocycles.